The quantitative estimate of drug-likeness (QED) is 0.526. The Morgan fingerprint density at radius 3 is 1.93 bits per heavy atom. The molecular weight excluding hydrogens is 386 g/mol. The summed E-state index contributed by atoms with van der Waals surface area (Å²) < 4.78 is 33.4. The zero-order chi connectivity index (χ0) is 21.1. The SMILES string of the molecule is CCOC(=O)C1(C(=O)OCC)C=C(C(C)=O)[C@@H](c2ccc(S(C)(=O)=O)cc2)N1. The maximum Gasteiger partial charge on any atom is 0.342 e. The minimum Gasteiger partial charge on any atom is -0.464 e. The van der Waals surface area contributed by atoms with E-state index in [1.807, 2.05) is 0 Å². The minimum atomic E-state index is -3.39. The van der Waals surface area contributed by atoms with Crippen molar-refractivity contribution in [3.63, 3.8) is 0 Å². The molecule has 0 fully saturated rings. The van der Waals surface area contributed by atoms with Gasteiger partial charge in [0.15, 0.2) is 15.6 Å². The molecule has 1 aliphatic rings. The molecule has 1 aromatic rings. The first-order valence-electron chi connectivity index (χ1n) is 8.72. The molecule has 2 rings (SSSR count). The lowest BCUT2D eigenvalue weighted by Crippen LogP contribution is -2.56. The van der Waals surface area contributed by atoms with Crippen LogP contribution in [0, 0.1) is 0 Å². The van der Waals surface area contributed by atoms with Crippen molar-refractivity contribution in [1.29, 1.82) is 0 Å². The monoisotopic (exact) mass is 409 g/mol. The predicted octanol–water partition coefficient (Wildman–Crippen LogP) is 1.11. The highest BCUT2D eigenvalue weighted by Gasteiger charge is 2.54. The van der Waals surface area contributed by atoms with E-state index in [1.54, 1.807) is 13.8 Å². The molecule has 0 saturated heterocycles. The second-order valence-electron chi connectivity index (χ2n) is 6.32. The smallest absolute Gasteiger partial charge is 0.342 e. The van der Waals surface area contributed by atoms with Crippen LogP contribution in [0.4, 0.5) is 0 Å². The molecule has 0 spiro atoms. The lowest BCUT2D eigenvalue weighted by molar-refractivity contribution is -0.162. The highest BCUT2D eigenvalue weighted by atomic mass is 32.2. The van der Waals surface area contributed by atoms with E-state index in [9.17, 15) is 22.8 Å². The van der Waals surface area contributed by atoms with Gasteiger partial charge in [-0.15, -0.1) is 0 Å². The molecule has 0 unspecified atom stereocenters. The van der Waals surface area contributed by atoms with E-state index in [2.05, 4.69) is 5.32 Å². The molecule has 152 valence electrons. The lowest BCUT2D eigenvalue weighted by atomic mass is 9.97. The maximum atomic E-state index is 12.6. The van der Waals surface area contributed by atoms with Crippen LogP contribution >= 0.6 is 0 Å². The number of Topliss-reactive ketones (excluding diaryl/α,β-unsaturated/α-hetero) is 1. The van der Waals surface area contributed by atoms with Gasteiger partial charge in [0.1, 0.15) is 0 Å². The van der Waals surface area contributed by atoms with Crippen LogP contribution < -0.4 is 5.32 Å². The van der Waals surface area contributed by atoms with Crippen LogP contribution in [0.15, 0.2) is 40.8 Å². The normalized spacial score (nSPS) is 18.3. The van der Waals surface area contributed by atoms with Gasteiger partial charge in [-0.25, -0.2) is 18.0 Å². The van der Waals surface area contributed by atoms with Gasteiger partial charge in [0.2, 0.25) is 5.54 Å². The average Bonchev–Trinajstić information content (AvgIpc) is 3.04. The molecule has 0 saturated carbocycles. The summed E-state index contributed by atoms with van der Waals surface area (Å²) >= 11 is 0. The molecule has 0 radical (unpaired) electrons. The van der Waals surface area contributed by atoms with Crippen LogP contribution in [0.25, 0.3) is 0 Å². The molecule has 0 bridgehead atoms. The molecule has 1 atom stereocenters. The van der Waals surface area contributed by atoms with Crippen molar-refractivity contribution in [3.05, 3.63) is 41.5 Å². The molecule has 9 heteroatoms. The van der Waals surface area contributed by atoms with Crippen molar-refractivity contribution >= 4 is 27.6 Å². The molecule has 0 aliphatic carbocycles. The van der Waals surface area contributed by atoms with E-state index in [0.717, 1.165) is 6.26 Å². The summed E-state index contributed by atoms with van der Waals surface area (Å²) in [6, 6.07) is 5.05. The summed E-state index contributed by atoms with van der Waals surface area (Å²) in [5.41, 5.74) is -1.25. The number of ketones is 1. The first-order chi connectivity index (χ1) is 13.1. The van der Waals surface area contributed by atoms with E-state index in [1.165, 1.54) is 37.3 Å². The molecule has 1 aliphatic heterocycles. The Balaban J connectivity index is 2.52. The Morgan fingerprint density at radius 1 is 1.04 bits per heavy atom. The number of sulfone groups is 1. The van der Waals surface area contributed by atoms with Crippen molar-refractivity contribution < 1.29 is 32.3 Å². The van der Waals surface area contributed by atoms with Gasteiger partial charge in [0.25, 0.3) is 0 Å². The summed E-state index contributed by atoms with van der Waals surface area (Å²) in [7, 11) is -3.39. The number of ether oxygens (including phenoxy) is 2. The summed E-state index contributed by atoms with van der Waals surface area (Å²) in [6.07, 6.45) is 2.32. The van der Waals surface area contributed by atoms with Crippen LogP contribution in [0.1, 0.15) is 32.4 Å². The summed E-state index contributed by atoms with van der Waals surface area (Å²) in [5, 5.41) is 2.87. The zero-order valence-electron chi connectivity index (χ0n) is 16.1. The minimum absolute atomic E-state index is 0.0403. The van der Waals surface area contributed by atoms with Crippen molar-refractivity contribution in [2.24, 2.45) is 0 Å². The first kappa shape index (κ1) is 21.8. The topological polar surface area (TPSA) is 116 Å². The lowest BCUT2D eigenvalue weighted by Gasteiger charge is -2.26. The van der Waals surface area contributed by atoms with E-state index in [-0.39, 0.29) is 29.5 Å². The van der Waals surface area contributed by atoms with Crippen LogP contribution in [-0.2, 0) is 33.7 Å². The Labute approximate surface area is 163 Å². The summed E-state index contributed by atoms with van der Waals surface area (Å²) in [5.74, 6) is -2.09. The van der Waals surface area contributed by atoms with Crippen molar-refractivity contribution in [1.82, 2.24) is 5.32 Å². The Bertz CT molecular complexity index is 898. The van der Waals surface area contributed by atoms with E-state index < -0.39 is 33.4 Å². The van der Waals surface area contributed by atoms with E-state index >= 15 is 0 Å². The molecular formula is C19H23NO7S. The third-order valence-electron chi connectivity index (χ3n) is 4.30. The van der Waals surface area contributed by atoms with Gasteiger partial charge in [0.05, 0.1) is 24.2 Å². The highest BCUT2D eigenvalue weighted by Crippen LogP contribution is 2.35. The Kier molecular flexibility index (Phi) is 6.41. The molecule has 28 heavy (non-hydrogen) atoms. The number of esters is 2. The molecule has 0 aromatic heterocycles. The van der Waals surface area contributed by atoms with Crippen molar-refractivity contribution in [3.8, 4) is 0 Å². The summed E-state index contributed by atoms with van der Waals surface area (Å²) in [4.78, 5) is 37.5. The van der Waals surface area contributed by atoms with Gasteiger partial charge in [-0.2, -0.15) is 0 Å². The van der Waals surface area contributed by atoms with Gasteiger partial charge in [0, 0.05) is 11.8 Å². The van der Waals surface area contributed by atoms with Gasteiger partial charge >= 0.3 is 11.9 Å². The second kappa shape index (κ2) is 8.24. The third kappa shape index (κ3) is 4.15. The number of hydrogen-bond donors (Lipinski definition) is 1. The fourth-order valence-corrected chi connectivity index (χ4v) is 3.58. The molecule has 1 heterocycles. The van der Waals surface area contributed by atoms with Crippen LogP contribution in [0.5, 0.6) is 0 Å². The zero-order valence-corrected chi connectivity index (χ0v) is 17.0. The number of hydrogen-bond acceptors (Lipinski definition) is 8. The van der Waals surface area contributed by atoms with Crippen LogP contribution in [0.2, 0.25) is 0 Å². The van der Waals surface area contributed by atoms with E-state index in [0.29, 0.717) is 5.56 Å². The third-order valence-corrected chi connectivity index (χ3v) is 5.43. The predicted molar refractivity (Wildman–Crippen MR) is 100 cm³/mol. The maximum absolute atomic E-state index is 12.6. The number of carbonyl (C=O) groups excluding carboxylic acids is 3. The number of carbonyl (C=O) groups is 3. The number of rotatable bonds is 7. The van der Waals surface area contributed by atoms with Crippen LogP contribution in [-0.4, -0.2) is 51.1 Å². The highest BCUT2D eigenvalue weighted by molar-refractivity contribution is 7.90. The van der Waals surface area contributed by atoms with Crippen LogP contribution in [0.3, 0.4) is 0 Å². The van der Waals surface area contributed by atoms with Gasteiger partial charge in [-0.1, -0.05) is 12.1 Å². The molecule has 0 amide bonds. The van der Waals surface area contributed by atoms with Gasteiger partial charge in [-0.3, -0.25) is 10.1 Å². The molecule has 8 nitrogen and oxygen atoms in total. The fraction of sp³-hybridized carbons (Fsp3) is 0.421. The Hall–Kier alpha value is -2.52. The van der Waals surface area contributed by atoms with E-state index in [4.69, 9.17) is 9.47 Å². The second-order valence-corrected chi connectivity index (χ2v) is 8.34. The average molecular weight is 409 g/mol. The first-order valence-corrected chi connectivity index (χ1v) is 10.6. The number of benzene rings is 1. The molecule has 1 aromatic carbocycles. The molecule has 1 N–H and O–H groups in total. The largest absolute Gasteiger partial charge is 0.464 e. The Morgan fingerprint density at radius 2 is 1.54 bits per heavy atom. The summed E-state index contributed by atoms with van der Waals surface area (Å²) in [6.45, 7) is 4.60. The van der Waals surface area contributed by atoms with Gasteiger partial charge < -0.3 is 9.47 Å². The standard InChI is InChI=1S/C19H23NO7S/c1-5-26-17(22)19(18(23)27-6-2)11-15(12(3)21)16(20-19)13-7-9-14(10-8-13)28(4,24)25/h7-11,16,20H,5-6H2,1-4H3/t16-/m1/s1. The van der Waals surface area contributed by atoms with Crippen molar-refractivity contribution in [2.45, 2.75) is 37.2 Å². The van der Waals surface area contributed by atoms with Gasteiger partial charge in [-0.05, 0) is 44.5 Å². The number of nitrogens with one attached hydrogen (secondary N) is 1. The fourth-order valence-electron chi connectivity index (χ4n) is 2.95. The van der Waals surface area contributed by atoms with Crippen molar-refractivity contribution in [2.75, 3.05) is 19.5 Å².